The van der Waals surface area contributed by atoms with Gasteiger partial charge < -0.3 is 4.74 Å². The maximum atomic E-state index is 12.8. The summed E-state index contributed by atoms with van der Waals surface area (Å²) in [6.07, 6.45) is -0.350. The van der Waals surface area contributed by atoms with Crippen LogP contribution in [0, 0.1) is 6.92 Å². The molecule has 1 aliphatic rings. The first-order chi connectivity index (χ1) is 11.0. The zero-order valence-electron chi connectivity index (χ0n) is 12.8. The molecule has 0 aromatic heterocycles. The Morgan fingerprint density at radius 1 is 1.17 bits per heavy atom. The Bertz CT molecular complexity index is 807. The number of ether oxygens (including phenoxy) is 1. The van der Waals surface area contributed by atoms with Gasteiger partial charge in [0, 0.05) is 23.7 Å². The average molecular weight is 352 g/mol. The quantitative estimate of drug-likeness (QED) is 0.851. The van der Waals surface area contributed by atoms with E-state index in [1.807, 2.05) is 31.2 Å². The van der Waals surface area contributed by atoms with Gasteiger partial charge in [-0.3, -0.25) is 0 Å². The normalized spacial score (nSPS) is 19.7. The Morgan fingerprint density at radius 3 is 2.70 bits per heavy atom. The van der Waals surface area contributed by atoms with Crippen molar-refractivity contribution in [3.05, 3.63) is 64.7 Å². The molecule has 1 aliphatic heterocycles. The molecule has 0 N–H and O–H groups in total. The van der Waals surface area contributed by atoms with E-state index < -0.39 is 10.0 Å². The van der Waals surface area contributed by atoms with E-state index in [4.69, 9.17) is 16.3 Å². The van der Waals surface area contributed by atoms with Gasteiger partial charge in [-0.15, -0.1) is 0 Å². The molecular formula is C17H18ClNO3S. The fraction of sp³-hybridized carbons (Fsp3) is 0.294. The molecule has 0 saturated carbocycles. The van der Waals surface area contributed by atoms with E-state index in [1.165, 1.54) is 4.31 Å². The van der Waals surface area contributed by atoms with E-state index in [2.05, 4.69) is 0 Å². The molecule has 1 fully saturated rings. The molecule has 2 aromatic carbocycles. The lowest BCUT2D eigenvalue weighted by molar-refractivity contribution is -0.00249. The van der Waals surface area contributed by atoms with Crippen molar-refractivity contribution in [1.82, 2.24) is 4.31 Å². The monoisotopic (exact) mass is 351 g/mol. The molecule has 1 unspecified atom stereocenters. The second-order valence-electron chi connectivity index (χ2n) is 5.56. The van der Waals surface area contributed by atoms with Crippen molar-refractivity contribution >= 4 is 21.6 Å². The fourth-order valence-electron chi connectivity index (χ4n) is 2.69. The topological polar surface area (TPSA) is 46.6 Å². The second-order valence-corrected chi connectivity index (χ2v) is 7.91. The van der Waals surface area contributed by atoms with E-state index >= 15 is 0 Å². The van der Waals surface area contributed by atoms with Gasteiger partial charge >= 0.3 is 0 Å². The summed E-state index contributed by atoms with van der Waals surface area (Å²) in [5.41, 5.74) is 1.74. The smallest absolute Gasteiger partial charge is 0.243 e. The number of aryl methyl sites for hydroxylation is 1. The van der Waals surface area contributed by atoms with Crippen LogP contribution in [0.2, 0.25) is 5.02 Å². The van der Waals surface area contributed by atoms with Crippen LogP contribution in [0.3, 0.4) is 0 Å². The number of halogens is 1. The molecule has 3 rings (SSSR count). The first-order valence-electron chi connectivity index (χ1n) is 7.41. The summed E-state index contributed by atoms with van der Waals surface area (Å²) in [6, 6.07) is 14.3. The van der Waals surface area contributed by atoms with Crippen LogP contribution < -0.4 is 0 Å². The molecule has 0 bridgehead atoms. The highest BCUT2D eigenvalue weighted by Gasteiger charge is 2.32. The molecule has 122 valence electrons. The fourth-order valence-corrected chi connectivity index (χ4v) is 4.48. The first kappa shape index (κ1) is 16.5. The molecule has 1 atom stereocenters. The lowest BCUT2D eigenvalue weighted by atomic mass is 10.1. The number of hydrogen-bond donors (Lipinski definition) is 0. The summed E-state index contributed by atoms with van der Waals surface area (Å²) >= 11 is 6.21. The van der Waals surface area contributed by atoms with Gasteiger partial charge in [0.1, 0.15) is 0 Å². The van der Waals surface area contributed by atoms with Crippen LogP contribution in [0.5, 0.6) is 0 Å². The third-order valence-corrected chi connectivity index (χ3v) is 6.11. The zero-order chi connectivity index (χ0) is 16.4. The summed E-state index contributed by atoms with van der Waals surface area (Å²) in [7, 11) is -3.53. The Morgan fingerprint density at radius 2 is 1.96 bits per heavy atom. The Kier molecular flexibility index (Phi) is 4.73. The molecule has 0 aliphatic carbocycles. The largest absolute Gasteiger partial charge is 0.371 e. The number of morpholine rings is 1. The van der Waals surface area contributed by atoms with Crippen LogP contribution >= 0.6 is 11.6 Å². The van der Waals surface area contributed by atoms with Gasteiger partial charge in [0.2, 0.25) is 10.0 Å². The summed E-state index contributed by atoms with van der Waals surface area (Å²) in [4.78, 5) is 0.317. The highest BCUT2D eigenvalue weighted by molar-refractivity contribution is 7.89. The predicted molar refractivity (Wildman–Crippen MR) is 90.1 cm³/mol. The van der Waals surface area contributed by atoms with E-state index in [1.54, 1.807) is 24.3 Å². The van der Waals surface area contributed by atoms with Crippen molar-refractivity contribution in [2.45, 2.75) is 17.9 Å². The van der Waals surface area contributed by atoms with E-state index in [0.717, 1.165) is 11.1 Å². The molecular weight excluding hydrogens is 334 g/mol. The highest BCUT2D eigenvalue weighted by Crippen LogP contribution is 2.30. The van der Waals surface area contributed by atoms with Gasteiger partial charge in [-0.05, 0) is 30.7 Å². The summed E-state index contributed by atoms with van der Waals surface area (Å²) in [5, 5.41) is 0.590. The molecule has 4 nitrogen and oxygen atoms in total. The predicted octanol–water partition coefficient (Wildman–Crippen LogP) is 3.41. The summed E-state index contributed by atoms with van der Waals surface area (Å²) in [5.74, 6) is 0. The van der Waals surface area contributed by atoms with Crippen molar-refractivity contribution in [3.63, 3.8) is 0 Å². The van der Waals surface area contributed by atoms with Gasteiger partial charge in [-0.2, -0.15) is 4.31 Å². The number of rotatable bonds is 3. The van der Waals surface area contributed by atoms with Crippen LogP contribution in [0.1, 0.15) is 17.2 Å². The molecule has 0 spiro atoms. The third kappa shape index (κ3) is 3.43. The standard InChI is InChI=1S/C17H18ClNO3S/c1-13-5-4-6-14(11-13)23(20,21)19-9-10-22-17(12-19)15-7-2-3-8-16(15)18/h2-8,11,17H,9-10,12H2,1H3. The van der Waals surface area contributed by atoms with Crippen LogP contribution in [0.15, 0.2) is 53.4 Å². The lowest BCUT2D eigenvalue weighted by Gasteiger charge is -2.32. The van der Waals surface area contributed by atoms with Crippen molar-refractivity contribution in [3.8, 4) is 0 Å². The van der Waals surface area contributed by atoms with Gasteiger partial charge in [-0.1, -0.05) is 41.9 Å². The molecule has 0 amide bonds. The number of sulfonamides is 1. The van der Waals surface area contributed by atoms with Crippen LogP contribution in [0.4, 0.5) is 0 Å². The Labute approximate surface area is 141 Å². The van der Waals surface area contributed by atoms with Gasteiger partial charge in [0.05, 0.1) is 17.6 Å². The number of benzene rings is 2. The molecule has 1 saturated heterocycles. The summed E-state index contributed by atoms with van der Waals surface area (Å²) in [6.45, 7) is 2.84. The summed E-state index contributed by atoms with van der Waals surface area (Å²) < 4.78 is 32.9. The van der Waals surface area contributed by atoms with E-state index in [9.17, 15) is 8.42 Å². The van der Waals surface area contributed by atoms with Crippen LogP contribution in [-0.4, -0.2) is 32.4 Å². The maximum Gasteiger partial charge on any atom is 0.243 e. The molecule has 0 radical (unpaired) electrons. The average Bonchev–Trinajstić information content (AvgIpc) is 2.55. The molecule has 1 heterocycles. The lowest BCUT2D eigenvalue weighted by Crippen LogP contribution is -2.42. The van der Waals surface area contributed by atoms with Crippen LogP contribution in [0.25, 0.3) is 0 Å². The first-order valence-corrected chi connectivity index (χ1v) is 9.23. The Balaban J connectivity index is 1.88. The second kappa shape index (κ2) is 6.61. The van der Waals surface area contributed by atoms with Gasteiger partial charge in [0.25, 0.3) is 0 Å². The molecule has 6 heteroatoms. The number of nitrogens with zero attached hydrogens (tertiary/aromatic N) is 1. The number of hydrogen-bond acceptors (Lipinski definition) is 3. The Hall–Kier alpha value is -1.40. The van der Waals surface area contributed by atoms with Gasteiger partial charge in [0.15, 0.2) is 0 Å². The van der Waals surface area contributed by atoms with E-state index in [-0.39, 0.29) is 12.6 Å². The molecule has 2 aromatic rings. The van der Waals surface area contributed by atoms with Gasteiger partial charge in [-0.25, -0.2) is 8.42 Å². The maximum absolute atomic E-state index is 12.8. The minimum Gasteiger partial charge on any atom is -0.371 e. The zero-order valence-corrected chi connectivity index (χ0v) is 14.3. The minimum absolute atomic E-state index is 0.264. The van der Waals surface area contributed by atoms with Crippen molar-refractivity contribution in [1.29, 1.82) is 0 Å². The highest BCUT2D eigenvalue weighted by atomic mass is 35.5. The minimum atomic E-state index is -3.53. The molecule has 23 heavy (non-hydrogen) atoms. The SMILES string of the molecule is Cc1cccc(S(=O)(=O)N2CCOC(c3ccccc3Cl)C2)c1. The van der Waals surface area contributed by atoms with Crippen molar-refractivity contribution in [2.24, 2.45) is 0 Å². The third-order valence-electron chi connectivity index (χ3n) is 3.91. The van der Waals surface area contributed by atoms with Crippen molar-refractivity contribution in [2.75, 3.05) is 19.7 Å². The van der Waals surface area contributed by atoms with Crippen molar-refractivity contribution < 1.29 is 13.2 Å². The van der Waals surface area contributed by atoms with Crippen LogP contribution in [-0.2, 0) is 14.8 Å². The van der Waals surface area contributed by atoms with E-state index in [0.29, 0.717) is 23.1 Å².